The molecule has 1 aliphatic carbocycles. The second-order valence-electron chi connectivity index (χ2n) is 5.94. The monoisotopic (exact) mass is 227 g/mol. The van der Waals surface area contributed by atoms with Crippen molar-refractivity contribution in [1.29, 1.82) is 0 Å². The third-order valence-electron chi connectivity index (χ3n) is 4.09. The molecule has 0 aliphatic heterocycles. The first-order valence-electron chi connectivity index (χ1n) is 6.76. The summed E-state index contributed by atoms with van der Waals surface area (Å²) >= 11 is 0. The van der Waals surface area contributed by atoms with Crippen LogP contribution in [0.3, 0.4) is 0 Å². The van der Waals surface area contributed by atoms with Crippen LogP contribution in [0.5, 0.6) is 0 Å². The molecule has 0 aromatic rings. The van der Waals surface area contributed by atoms with E-state index < -0.39 is 0 Å². The van der Waals surface area contributed by atoms with E-state index in [9.17, 15) is 0 Å². The molecule has 1 saturated carbocycles. The molecule has 0 spiro atoms. The molecule has 0 radical (unpaired) electrons. The number of methoxy groups -OCH3 is 1. The van der Waals surface area contributed by atoms with E-state index in [-0.39, 0.29) is 5.60 Å². The molecular formula is C14H29NO. The van der Waals surface area contributed by atoms with Crippen molar-refractivity contribution in [2.24, 2.45) is 11.8 Å². The third kappa shape index (κ3) is 3.21. The Hall–Kier alpha value is -0.0800. The number of hydrogen-bond donors (Lipinski definition) is 1. The van der Waals surface area contributed by atoms with Gasteiger partial charge in [-0.2, -0.15) is 0 Å². The highest BCUT2D eigenvalue weighted by Gasteiger charge is 2.41. The van der Waals surface area contributed by atoms with E-state index in [1.807, 2.05) is 7.11 Å². The summed E-state index contributed by atoms with van der Waals surface area (Å²) in [6.07, 6.45) is 6.30. The van der Waals surface area contributed by atoms with Gasteiger partial charge in [-0.1, -0.05) is 33.6 Å². The highest BCUT2D eigenvalue weighted by Crippen LogP contribution is 2.38. The molecule has 1 fully saturated rings. The summed E-state index contributed by atoms with van der Waals surface area (Å²) < 4.78 is 5.94. The van der Waals surface area contributed by atoms with Crippen molar-refractivity contribution in [3.63, 3.8) is 0 Å². The summed E-state index contributed by atoms with van der Waals surface area (Å²) in [7, 11) is 3.97. The summed E-state index contributed by atoms with van der Waals surface area (Å²) in [5, 5.41) is 3.49. The van der Waals surface area contributed by atoms with Gasteiger partial charge in [0.15, 0.2) is 0 Å². The van der Waals surface area contributed by atoms with Gasteiger partial charge in [-0.15, -0.1) is 0 Å². The van der Waals surface area contributed by atoms with Crippen LogP contribution in [0, 0.1) is 11.8 Å². The standard InChI is InChI=1S/C14H29NO/c1-11(2)9-13(15-4)14(16-5)8-6-7-12(3)10-14/h11-13,15H,6-10H2,1-5H3. The molecule has 3 unspecified atom stereocenters. The van der Waals surface area contributed by atoms with Gasteiger partial charge in [-0.3, -0.25) is 0 Å². The van der Waals surface area contributed by atoms with E-state index in [1.165, 1.54) is 32.1 Å². The van der Waals surface area contributed by atoms with Gasteiger partial charge in [-0.05, 0) is 38.1 Å². The first-order chi connectivity index (χ1) is 7.54. The maximum atomic E-state index is 5.94. The second-order valence-corrected chi connectivity index (χ2v) is 5.94. The number of rotatable bonds is 5. The molecule has 1 aliphatic rings. The summed E-state index contributed by atoms with van der Waals surface area (Å²) in [6, 6.07) is 0.500. The van der Waals surface area contributed by atoms with E-state index in [0.717, 1.165) is 11.8 Å². The Morgan fingerprint density at radius 3 is 2.56 bits per heavy atom. The molecule has 1 rings (SSSR count). The predicted octanol–water partition coefficient (Wildman–Crippen LogP) is 3.22. The van der Waals surface area contributed by atoms with Crippen LogP contribution in [0.25, 0.3) is 0 Å². The minimum atomic E-state index is 0.0800. The lowest BCUT2D eigenvalue weighted by Crippen LogP contribution is -2.53. The number of ether oxygens (including phenoxy) is 1. The summed E-state index contributed by atoms with van der Waals surface area (Å²) in [5.41, 5.74) is 0.0800. The lowest BCUT2D eigenvalue weighted by Gasteiger charge is -2.45. The Labute approximate surface area is 101 Å². The van der Waals surface area contributed by atoms with Crippen LogP contribution in [0.4, 0.5) is 0 Å². The van der Waals surface area contributed by atoms with Gasteiger partial charge in [0.1, 0.15) is 0 Å². The van der Waals surface area contributed by atoms with Crippen LogP contribution in [0.1, 0.15) is 52.9 Å². The van der Waals surface area contributed by atoms with Crippen LogP contribution in [-0.4, -0.2) is 25.8 Å². The van der Waals surface area contributed by atoms with Gasteiger partial charge in [0.05, 0.1) is 5.60 Å². The number of likely N-dealkylation sites (N-methyl/N-ethyl adjacent to an activating group) is 1. The predicted molar refractivity (Wildman–Crippen MR) is 69.7 cm³/mol. The largest absolute Gasteiger partial charge is 0.377 e. The van der Waals surface area contributed by atoms with Crippen molar-refractivity contribution < 1.29 is 4.74 Å². The zero-order valence-corrected chi connectivity index (χ0v) is 11.7. The smallest absolute Gasteiger partial charge is 0.0833 e. The third-order valence-corrected chi connectivity index (χ3v) is 4.09. The molecule has 3 atom stereocenters. The van der Waals surface area contributed by atoms with Gasteiger partial charge in [0.2, 0.25) is 0 Å². The average Bonchev–Trinajstić information content (AvgIpc) is 2.25. The fraction of sp³-hybridized carbons (Fsp3) is 1.00. The van der Waals surface area contributed by atoms with Crippen molar-refractivity contribution in [2.75, 3.05) is 14.2 Å². The molecule has 96 valence electrons. The highest BCUT2D eigenvalue weighted by atomic mass is 16.5. The molecule has 0 heterocycles. The van der Waals surface area contributed by atoms with Crippen molar-refractivity contribution in [2.45, 2.75) is 64.5 Å². The molecular weight excluding hydrogens is 198 g/mol. The lowest BCUT2D eigenvalue weighted by molar-refractivity contribution is -0.0816. The first kappa shape index (κ1) is 14.0. The molecule has 0 aromatic heterocycles. The van der Waals surface area contributed by atoms with Gasteiger partial charge >= 0.3 is 0 Å². The zero-order chi connectivity index (χ0) is 12.2. The minimum absolute atomic E-state index is 0.0800. The molecule has 2 heteroatoms. The minimum Gasteiger partial charge on any atom is -0.377 e. The van der Waals surface area contributed by atoms with E-state index in [1.54, 1.807) is 0 Å². The number of hydrogen-bond acceptors (Lipinski definition) is 2. The average molecular weight is 227 g/mol. The van der Waals surface area contributed by atoms with Crippen LogP contribution < -0.4 is 5.32 Å². The molecule has 2 nitrogen and oxygen atoms in total. The molecule has 0 amide bonds. The van der Waals surface area contributed by atoms with Gasteiger partial charge in [-0.25, -0.2) is 0 Å². The highest BCUT2D eigenvalue weighted by molar-refractivity contribution is 4.96. The summed E-state index contributed by atoms with van der Waals surface area (Å²) in [6.45, 7) is 6.94. The van der Waals surface area contributed by atoms with Crippen LogP contribution >= 0.6 is 0 Å². The van der Waals surface area contributed by atoms with E-state index >= 15 is 0 Å². The fourth-order valence-electron chi connectivity index (χ4n) is 3.25. The topological polar surface area (TPSA) is 21.3 Å². The fourth-order valence-corrected chi connectivity index (χ4v) is 3.25. The zero-order valence-electron chi connectivity index (χ0n) is 11.7. The first-order valence-corrected chi connectivity index (χ1v) is 6.76. The summed E-state index contributed by atoms with van der Waals surface area (Å²) in [4.78, 5) is 0. The van der Waals surface area contributed by atoms with Crippen LogP contribution in [-0.2, 0) is 4.74 Å². The normalized spacial score (nSPS) is 33.0. The van der Waals surface area contributed by atoms with Crippen LogP contribution in [0.15, 0.2) is 0 Å². The Kier molecular flexibility index (Phi) is 5.26. The molecule has 0 aromatic carbocycles. The molecule has 16 heavy (non-hydrogen) atoms. The van der Waals surface area contributed by atoms with Crippen molar-refractivity contribution in [3.8, 4) is 0 Å². The molecule has 1 N–H and O–H groups in total. The van der Waals surface area contributed by atoms with E-state index in [4.69, 9.17) is 4.74 Å². The Morgan fingerprint density at radius 1 is 1.44 bits per heavy atom. The maximum absolute atomic E-state index is 5.94. The van der Waals surface area contributed by atoms with Gasteiger partial charge < -0.3 is 10.1 Å². The Balaban J connectivity index is 2.74. The van der Waals surface area contributed by atoms with E-state index in [0.29, 0.717) is 6.04 Å². The second kappa shape index (κ2) is 6.02. The quantitative estimate of drug-likeness (QED) is 0.778. The lowest BCUT2D eigenvalue weighted by atomic mass is 9.72. The maximum Gasteiger partial charge on any atom is 0.0833 e. The van der Waals surface area contributed by atoms with Crippen molar-refractivity contribution in [1.82, 2.24) is 5.32 Å². The van der Waals surface area contributed by atoms with Crippen molar-refractivity contribution in [3.05, 3.63) is 0 Å². The van der Waals surface area contributed by atoms with Gasteiger partial charge in [0, 0.05) is 13.2 Å². The molecule has 0 bridgehead atoms. The Morgan fingerprint density at radius 2 is 2.12 bits per heavy atom. The summed E-state index contributed by atoms with van der Waals surface area (Å²) in [5.74, 6) is 1.53. The SMILES string of the molecule is CNC(CC(C)C)C1(OC)CCCC(C)C1. The molecule has 0 saturated heterocycles. The van der Waals surface area contributed by atoms with Crippen molar-refractivity contribution >= 4 is 0 Å². The van der Waals surface area contributed by atoms with E-state index in [2.05, 4.69) is 33.1 Å². The number of nitrogens with one attached hydrogen (secondary N) is 1. The Bertz CT molecular complexity index is 205. The van der Waals surface area contributed by atoms with Crippen LogP contribution in [0.2, 0.25) is 0 Å². The van der Waals surface area contributed by atoms with Gasteiger partial charge in [0.25, 0.3) is 0 Å².